The number of halogens is 1. The molecule has 2 N–H and O–H groups in total. The highest BCUT2D eigenvalue weighted by atomic mass is 35.5. The molecule has 0 aromatic carbocycles. The molecular weight excluding hydrogens is 306 g/mol. The summed E-state index contributed by atoms with van der Waals surface area (Å²) in [6.07, 6.45) is 5.31. The quantitative estimate of drug-likeness (QED) is 0.787. The Morgan fingerprint density at radius 3 is 2.77 bits per heavy atom. The van der Waals surface area contributed by atoms with Gasteiger partial charge in [-0.3, -0.25) is 0 Å². The second-order valence-corrected chi connectivity index (χ2v) is 5.74. The lowest BCUT2D eigenvalue weighted by molar-refractivity contribution is 0.134. The van der Waals surface area contributed by atoms with Gasteiger partial charge in [0.25, 0.3) is 0 Å². The molecule has 1 fully saturated rings. The van der Waals surface area contributed by atoms with E-state index in [9.17, 15) is 4.79 Å². The van der Waals surface area contributed by atoms with Crippen molar-refractivity contribution in [1.82, 2.24) is 15.6 Å². The Bertz CT molecular complexity index is 462. The molecule has 1 saturated carbocycles. The molecule has 0 aliphatic heterocycles. The molecule has 7 heteroatoms. The van der Waals surface area contributed by atoms with Crippen molar-refractivity contribution >= 4 is 17.6 Å². The zero-order chi connectivity index (χ0) is 15.8. The normalized spacial score (nSPS) is 21.2. The van der Waals surface area contributed by atoms with E-state index in [1.165, 1.54) is 0 Å². The average Bonchev–Trinajstić information content (AvgIpc) is 2.52. The van der Waals surface area contributed by atoms with E-state index in [4.69, 9.17) is 21.1 Å². The van der Waals surface area contributed by atoms with Crippen molar-refractivity contribution in [2.24, 2.45) is 0 Å². The second kappa shape index (κ2) is 8.80. The number of nitrogens with one attached hydrogen (secondary N) is 2. The van der Waals surface area contributed by atoms with Crippen LogP contribution < -0.4 is 15.4 Å². The standard InChI is InChI=1S/C15H22ClN3O3/c1-21-9-8-17-15(20)19-12-3-5-13(6-4-12)22-14-7-2-11(16)10-18-14/h2,7,10,12-13H,3-6,8-9H2,1H3,(H2,17,19,20). The highest BCUT2D eigenvalue weighted by molar-refractivity contribution is 6.30. The Hall–Kier alpha value is -1.53. The number of carbonyl (C=O) groups is 1. The second-order valence-electron chi connectivity index (χ2n) is 5.30. The SMILES string of the molecule is COCCNC(=O)NC1CCC(Oc2ccc(Cl)cn2)CC1. The fourth-order valence-corrected chi connectivity index (χ4v) is 2.54. The van der Waals surface area contributed by atoms with Gasteiger partial charge in [-0.1, -0.05) is 11.6 Å². The molecule has 22 heavy (non-hydrogen) atoms. The number of methoxy groups -OCH3 is 1. The smallest absolute Gasteiger partial charge is 0.315 e. The Balaban J connectivity index is 1.67. The molecule has 0 unspecified atom stereocenters. The molecule has 2 amide bonds. The summed E-state index contributed by atoms with van der Waals surface area (Å²) in [5.41, 5.74) is 0. The summed E-state index contributed by atoms with van der Waals surface area (Å²) in [7, 11) is 1.61. The maximum absolute atomic E-state index is 11.7. The van der Waals surface area contributed by atoms with Crippen LogP contribution in [0.3, 0.4) is 0 Å². The number of aromatic nitrogens is 1. The summed E-state index contributed by atoms with van der Waals surface area (Å²) >= 11 is 5.80. The van der Waals surface area contributed by atoms with Crippen LogP contribution >= 0.6 is 11.6 Å². The Labute approximate surface area is 135 Å². The van der Waals surface area contributed by atoms with Gasteiger partial charge in [0, 0.05) is 32.0 Å². The minimum Gasteiger partial charge on any atom is -0.474 e. The van der Waals surface area contributed by atoms with Crippen molar-refractivity contribution in [1.29, 1.82) is 0 Å². The summed E-state index contributed by atoms with van der Waals surface area (Å²) in [5.74, 6) is 0.595. The van der Waals surface area contributed by atoms with Gasteiger partial charge in [0.2, 0.25) is 5.88 Å². The van der Waals surface area contributed by atoms with Gasteiger partial charge in [-0.2, -0.15) is 0 Å². The van der Waals surface area contributed by atoms with Gasteiger partial charge in [0.1, 0.15) is 6.10 Å². The lowest BCUT2D eigenvalue weighted by Gasteiger charge is -2.29. The summed E-state index contributed by atoms with van der Waals surface area (Å²) < 4.78 is 10.7. The first-order chi connectivity index (χ1) is 10.7. The predicted octanol–water partition coefficient (Wildman–Crippen LogP) is 2.37. The fraction of sp³-hybridized carbons (Fsp3) is 0.600. The lowest BCUT2D eigenvalue weighted by Crippen LogP contribution is -2.45. The average molecular weight is 328 g/mol. The summed E-state index contributed by atoms with van der Waals surface area (Å²) in [5, 5.41) is 6.33. The van der Waals surface area contributed by atoms with Crippen molar-refractivity contribution in [2.45, 2.75) is 37.8 Å². The highest BCUT2D eigenvalue weighted by Crippen LogP contribution is 2.23. The first-order valence-corrected chi connectivity index (χ1v) is 7.86. The van der Waals surface area contributed by atoms with Gasteiger partial charge in [-0.15, -0.1) is 0 Å². The van der Waals surface area contributed by atoms with Gasteiger partial charge in [-0.25, -0.2) is 9.78 Å². The van der Waals surface area contributed by atoms with E-state index in [1.54, 1.807) is 25.4 Å². The van der Waals surface area contributed by atoms with E-state index in [0.29, 0.717) is 24.1 Å². The zero-order valence-electron chi connectivity index (χ0n) is 12.7. The molecule has 0 atom stereocenters. The van der Waals surface area contributed by atoms with Crippen molar-refractivity contribution in [3.63, 3.8) is 0 Å². The van der Waals surface area contributed by atoms with Gasteiger partial charge in [-0.05, 0) is 31.7 Å². The van der Waals surface area contributed by atoms with Crippen LogP contribution in [0.25, 0.3) is 0 Å². The van der Waals surface area contributed by atoms with Gasteiger partial charge >= 0.3 is 6.03 Å². The minimum atomic E-state index is -0.138. The molecule has 1 aromatic rings. The third-order valence-electron chi connectivity index (χ3n) is 3.59. The molecule has 6 nitrogen and oxygen atoms in total. The van der Waals surface area contributed by atoms with E-state index in [-0.39, 0.29) is 18.2 Å². The maximum Gasteiger partial charge on any atom is 0.315 e. The number of carbonyl (C=O) groups excluding carboxylic acids is 1. The number of hydrogen-bond donors (Lipinski definition) is 2. The number of hydrogen-bond acceptors (Lipinski definition) is 4. The first-order valence-electron chi connectivity index (χ1n) is 7.49. The van der Waals surface area contributed by atoms with Crippen molar-refractivity contribution < 1.29 is 14.3 Å². The molecule has 1 aliphatic carbocycles. The predicted molar refractivity (Wildman–Crippen MR) is 84.3 cm³/mol. The molecule has 0 saturated heterocycles. The zero-order valence-corrected chi connectivity index (χ0v) is 13.4. The minimum absolute atomic E-state index is 0.138. The highest BCUT2D eigenvalue weighted by Gasteiger charge is 2.23. The Kier molecular flexibility index (Phi) is 6.74. The number of pyridine rings is 1. The van der Waals surface area contributed by atoms with Crippen LogP contribution in [0.15, 0.2) is 18.3 Å². The van der Waals surface area contributed by atoms with E-state index in [2.05, 4.69) is 15.6 Å². The van der Waals surface area contributed by atoms with Gasteiger partial charge in [0.05, 0.1) is 11.6 Å². The third kappa shape index (κ3) is 5.69. The van der Waals surface area contributed by atoms with Gasteiger partial charge < -0.3 is 20.1 Å². The fourth-order valence-electron chi connectivity index (χ4n) is 2.43. The van der Waals surface area contributed by atoms with Crippen molar-refractivity contribution in [3.05, 3.63) is 23.4 Å². The molecule has 1 aromatic heterocycles. The summed E-state index contributed by atoms with van der Waals surface area (Å²) in [6.45, 7) is 1.03. The van der Waals surface area contributed by atoms with Crippen LogP contribution in [0.1, 0.15) is 25.7 Å². The Morgan fingerprint density at radius 1 is 1.36 bits per heavy atom. The van der Waals surface area contributed by atoms with E-state index >= 15 is 0 Å². The number of ether oxygens (including phenoxy) is 2. The van der Waals surface area contributed by atoms with Crippen LogP contribution in [0.2, 0.25) is 5.02 Å². The van der Waals surface area contributed by atoms with Gasteiger partial charge in [0.15, 0.2) is 0 Å². The molecule has 0 spiro atoms. The summed E-state index contributed by atoms with van der Waals surface area (Å²) in [4.78, 5) is 15.8. The van der Waals surface area contributed by atoms with E-state index < -0.39 is 0 Å². The van der Waals surface area contributed by atoms with E-state index in [1.807, 2.05) is 0 Å². The van der Waals surface area contributed by atoms with Crippen LogP contribution in [-0.2, 0) is 4.74 Å². The molecule has 1 aliphatic rings. The monoisotopic (exact) mass is 327 g/mol. The van der Waals surface area contributed by atoms with Crippen LogP contribution in [-0.4, -0.2) is 43.4 Å². The van der Waals surface area contributed by atoms with Crippen LogP contribution in [0.5, 0.6) is 5.88 Å². The molecule has 122 valence electrons. The molecule has 2 rings (SSSR count). The van der Waals surface area contributed by atoms with Crippen LogP contribution in [0, 0.1) is 0 Å². The third-order valence-corrected chi connectivity index (χ3v) is 3.81. The van der Waals surface area contributed by atoms with Crippen LogP contribution in [0.4, 0.5) is 4.79 Å². The number of rotatable bonds is 6. The summed E-state index contributed by atoms with van der Waals surface area (Å²) in [6, 6.07) is 3.60. The van der Waals surface area contributed by atoms with E-state index in [0.717, 1.165) is 25.7 Å². The molecular formula is C15H22ClN3O3. The number of amides is 2. The topological polar surface area (TPSA) is 72.5 Å². The Morgan fingerprint density at radius 2 is 2.14 bits per heavy atom. The molecule has 0 radical (unpaired) electrons. The van der Waals surface area contributed by atoms with Crippen molar-refractivity contribution in [3.8, 4) is 5.88 Å². The largest absolute Gasteiger partial charge is 0.474 e. The lowest BCUT2D eigenvalue weighted by atomic mass is 9.93. The number of urea groups is 1. The maximum atomic E-state index is 11.7. The van der Waals surface area contributed by atoms with Crippen molar-refractivity contribution in [2.75, 3.05) is 20.3 Å². The number of nitrogens with zero attached hydrogens (tertiary/aromatic N) is 1. The molecule has 1 heterocycles. The first kappa shape index (κ1) is 16.8. The molecule has 0 bridgehead atoms.